The standard InChI is InChI=1S/C24H25N5O2/c1-27-15-25-21-17(7-5-8-19(21)27)23(30)29-12-10-24(11-13-29)18-14-26-28(2)22(18)16-6-3-4-9-20(16)31-24/h5-9,14-15H,3-4,10-13H2,1-2H3. The van der Waals surface area contributed by atoms with E-state index < -0.39 is 5.60 Å². The van der Waals surface area contributed by atoms with Gasteiger partial charge < -0.3 is 14.2 Å². The minimum atomic E-state index is -0.419. The highest BCUT2D eigenvalue weighted by Gasteiger charge is 2.47. The highest BCUT2D eigenvalue weighted by molar-refractivity contribution is 6.05. The lowest BCUT2D eigenvalue weighted by atomic mass is 9.79. The van der Waals surface area contributed by atoms with Crippen molar-refractivity contribution < 1.29 is 9.53 Å². The summed E-state index contributed by atoms with van der Waals surface area (Å²) in [6, 6.07) is 5.80. The molecular weight excluding hydrogens is 390 g/mol. The molecule has 1 spiro atoms. The van der Waals surface area contributed by atoms with Crippen LogP contribution in [0.4, 0.5) is 0 Å². The first-order chi connectivity index (χ1) is 15.1. The molecule has 0 saturated carbocycles. The molecule has 7 nitrogen and oxygen atoms in total. The average molecular weight is 415 g/mol. The molecule has 2 aliphatic heterocycles. The van der Waals surface area contributed by atoms with Gasteiger partial charge in [0.25, 0.3) is 5.91 Å². The van der Waals surface area contributed by atoms with E-state index in [4.69, 9.17) is 4.74 Å². The first-order valence-electron chi connectivity index (χ1n) is 10.9. The molecule has 4 heterocycles. The number of rotatable bonds is 1. The van der Waals surface area contributed by atoms with Crippen LogP contribution in [0.15, 0.2) is 48.6 Å². The summed E-state index contributed by atoms with van der Waals surface area (Å²) in [4.78, 5) is 19.8. The van der Waals surface area contributed by atoms with Crippen LogP contribution < -0.4 is 0 Å². The summed E-state index contributed by atoms with van der Waals surface area (Å²) in [6.45, 7) is 1.28. The molecule has 158 valence electrons. The van der Waals surface area contributed by atoms with Crippen molar-refractivity contribution in [3.05, 3.63) is 65.5 Å². The van der Waals surface area contributed by atoms with Crippen LogP contribution in [0.25, 0.3) is 16.6 Å². The Hall–Kier alpha value is -3.35. The highest BCUT2D eigenvalue weighted by atomic mass is 16.5. The number of benzene rings is 1. The molecule has 3 aliphatic rings. The van der Waals surface area contributed by atoms with Crippen molar-refractivity contribution in [2.75, 3.05) is 13.1 Å². The van der Waals surface area contributed by atoms with E-state index in [1.165, 1.54) is 0 Å². The number of likely N-dealkylation sites (tertiary alicyclic amines) is 1. The predicted molar refractivity (Wildman–Crippen MR) is 117 cm³/mol. The number of amides is 1. The topological polar surface area (TPSA) is 65.2 Å². The molecule has 0 N–H and O–H groups in total. The van der Waals surface area contributed by atoms with Crippen LogP contribution in [-0.2, 0) is 24.4 Å². The third-order valence-electron chi connectivity index (χ3n) is 6.94. The molecule has 6 rings (SSSR count). The Labute approximate surface area is 180 Å². The SMILES string of the molecule is Cn1ncc2c1C1=CCCC=C1OC21CCN(C(=O)c2cccc3c2ncn3C)CC1. The molecular formula is C24H25N5O2. The molecule has 2 aromatic heterocycles. The van der Waals surface area contributed by atoms with E-state index in [1.54, 1.807) is 6.33 Å². The number of piperidine rings is 1. The van der Waals surface area contributed by atoms with Gasteiger partial charge in [-0.15, -0.1) is 0 Å². The summed E-state index contributed by atoms with van der Waals surface area (Å²) in [6.07, 6.45) is 11.7. The van der Waals surface area contributed by atoms with Gasteiger partial charge in [0.1, 0.15) is 16.9 Å². The van der Waals surface area contributed by atoms with Crippen molar-refractivity contribution >= 4 is 22.5 Å². The molecule has 31 heavy (non-hydrogen) atoms. The fourth-order valence-electron chi connectivity index (χ4n) is 5.26. The van der Waals surface area contributed by atoms with E-state index in [9.17, 15) is 4.79 Å². The fourth-order valence-corrected chi connectivity index (χ4v) is 5.26. The zero-order chi connectivity index (χ0) is 21.2. The Bertz CT molecular complexity index is 1270. The maximum atomic E-state index is 13.4. The van der Waals surface area contributed by atoms with Gasteiger partial charge in [-0.2, -0.15) is 5.10 Å². The summed E-state index contributed by atoms with van der Waals surface area (Å²) in [5, 5.41) is 4.55. The van der Waals surface area contributed by atoms with Crippen molar-refractivity contribution in [1.29, 1.82) is 0 Å². The number of hydrogen-bond donors (Lipinski definition) is 0. The van der Waals surface area contributed by atoms with Crippen LogP contribution in [0.3, 0.4) is 0 Å². The second kappa shape index (κ2) is 6.57. The minimum Gasteiger partial charge on any atom is -0.482 e. The molecule has 1 aliphatic carbocycles. The summed E-state index contributed by atoms with van der Waals surface area (Å²) in [7, 11) is 3.94. The number of para-hydroxylation sites is 1. The minimum absolute atomic E-state index is 0.0406. The van der Waals surface area contributed by atoms with E-state index in [0.29, 0.717) is 18.7 Å². The van der Waals surface area contributed by atoms with E-state index >= 15 is 0 Å². The molecule has 3 aromatic rings. The number of carbonyl (C=O) groups is 1. The average Bonchev–Trinajstić information content (AvgIpc) is 3.38. The van der Waals surface area contributed by atoms with Gasteiger partial charge in [0.2, 0.25) is 0 Å². The number of nitrogens with zero attached hydrogens (tertiary/aromatic N) is 5. The zero-order valence-corrected chi connectivity index (χ0v) is 17.8. The summed E-state index contributed by atoms with van der Waals surface area (Å²) in [5.41, 5.74) is 5.46. The number of imidazole rings is 1. The van der Waals surface area contributed by atoms with Crippen LogP contribution in [0, 0.1) is 0 Å². The van der Waals surface area contributed by atoms with Crippen molar-refractivity contribution in [3.8, 4) is 0 Å². The number of aromatic nitrogens is 4. The Balaban J connectivity index is 1.31. The lowest BCUT2D eigenvalue weighted by molar-refractivity contribution is -0.0469. The maximum absolute atomic E-state index is 13.4. The number of carbonyl (C=O) groups excluding carboxylic acids is 1. The Morgan fingerprint density at radius 2 is 1.94 bits per heavy atom. The molecule has 0 radical (unpaired) electrons. The van der Waals surface area contributed by atoms with Gasteiger partial charge in [0.15, 0.2) is 0 Å². The molecule has 7 heteroatoms. The third-order valence-corrected chi connectivity index (χ3v) is 6.94. The lowest BCUT2D eigenvalue weighted by Gasteiger charge is -2.45. The zero-order valence-electron chi connectivity index (χ0n) is 17.8. The Morgan fingerprint density at radius 3 is 2.77 bits per heavy atom. The van der Waals surface area contributed by atoms with Crippen molar-refractivity contribution in [2.45, 2.75) is 31.3 Å². The van der Waals surface area contributed by atoms with Crippen molar-refractivity contribution in [3.63, 3.8) is 0 Å². The van der Waals surface area contributed by atoms with E-state index in [0.717, 1.165) is 59.3 Å². The van der Waals surface area contributed by atoms with Crippen molar-refractivity contribution in [1.82, 2.24) is 24.2 Å². The van der Waals surface area contributed by atoms with Gasteiger partial charge in [-0.3, -0.25) is 9.48 Å². The fraction of sp³-hybridized carbons (Fsp3) is 0.375. The first kappa shape index (κ1) is 18.4. The van der Waals surface area contributed by atoms with E-state index in [1.807, 2.05) is 52.6 Å². The lowest BCUT2D eigenvalue weighted by Crippen LogP contribution is -2.48. The second-order valence-electron chi connectivity index (χ2n) is 8.71. The number of ether oxygens (including phenoxy) is 1. The highest BCUT2D eigenvalue weighted by Crippen LogP contribution is 2.49. The third kappa shape index (κ3) is 2.62. The Morgan fingerprint density at radius 1 is 1.13 bits per heavy atom. The molecule has 0 atom stereocenters. The number of allylic oxidation sites excluding steroid dienone is 3. The van der Waals surface area contributed by atoms with E-state index in [2.05, 4.69) is 22.2 Å². The van der Waals surface area contributed by atoms with Crippen LogP contribution in [0.1, 0.15) is 47.3 Å². The van der Waals surface area contributed by atoms with Gasteiger partial charge in [0, 0.05) is 51.2 Å². The monoisotopic (exact) mass is 415 g/mol. The largest absolute Gasteiger partial charge is 0.482 e. The van der Waals surface area contributed by atoms with Crippen LogP contribution in [-0.4, -0.2) is 43.2 Å². The Kier molecular flexibility index (Phi) is 3.91. The van der Waals surface area contributed by atoms with Crippen molar-refractivity contribution in [2.24, 2.45) is 14.1 Å². The van der Waals surface area contributed by atoms with Gasteiger partial charge in [-0.25, -0.2) is 4.98 Å². The number of fused-ring (bicyclic) bond motifs is 5. The van der Waals surface area contributed by atoms with E-state index in [-0.39, 0.29) is 5.91 Å². The van der Waals surface area contributed by atoms with Crippen LogP contribution in [0.2, 0.25) is 0 Å². The van der Waals surface area contributed by atoms with Gasteiger partial charge in [0.05, 0.1) is 29.3 Å². The molecule has 1 aromatic carbocycles. The predicted octanol–water partition coefficient (Wildman–Crippen LogP) is 3.53. The van der Waals surface area contributed by atoms with Crippen LogP contribution in [0.5, 0.6) is 0 Å². The summed E-state index contributed by atoms with van der Waals surface area (Å²) >= 11 is 0. The molecule has 0 unspecified atom stereocenters. The number of aryl methyl sites for hydroxylation is 2. The smallest absolute Gasteiger partial charge is 0.256 e. The van der Waals surface area contributed by atoms with Gasteiger partial charge in [-0.1, -0.05) is 12.1 Å². The molecule has 1 fully saturated rings. The van der Waals surface area contributed by atoms with Gasteiger partial charge in [-0.05, 0) is 31.1 Å². The summed E-state index contributed by atoms with van der Waals surface area (Å²) in [5.74, 6) is 1.01. The summed E-state index contributed by atoms with van der Waals surface area (Å²) < 4.78 is 10.6. The maximum Gasteiger partial charge on any atom is 0.256 e. The van der Waals surface area contributed by atoms with Crippen LogP contribution >= 0.6 is 0 Å². The second-order valence-corrected chi connectivity index (χ2v) is 8.71. The van der Waals surface area contributed by atoms with Gasteiger partial charge >= 0.3 is 0 Å². The first-order valence-corrected chi connectivity index (χ1v) is 10.9. The number of hydrogen-bond acceptors (Lipinski definition) is 4. The molecule has 0 bridgehead atoms. The quantitative estimate of drug-likeness (QED) is 0.610. The normalized spacial score (nSPS) is 19.5. The molecule has 1 saturated heterocycles. The molecule has 1 amide bonds.